The fourth-order valence-electron chi connectivity index (χ4n) is 2.74. The smallest absolute Gasteiger partial charge is 0.128 e. The van der Waals surface area contributed by atoms with Crippen LogP contribution in [0.4, 0.5) is 0 Å². The minimum Gasteiger partial charge on any atom is -0.328 e. The van der Waals surface area contributed by atoms with Gasteiger partial charge in [-0.3, -0.25) is 0 Å². The van der Waals surface area contributed by atoms with Gasteiger partial charge in [-0.25, -0.2) is 9.97 Å². The Balaban J connectivity index is 2.11. The molecule has 4 nitrogen and oxygen atoms in total. The second kappa shape index (κ2) is 6.44. The molecule has 2 unspecified atom stereocenters. The highest BCUT2D eigenvalue weighted by atomic mass is 15.1. The highest BCUT2D eigenvalue weighted by Crippen LogP contribution is 2.25. The number of likely N-dealkylation sites (N-methyl/N-ethyl adjacent to an activating group) is 1. The van der Waals surface area contributed by atoms with E-state index in [1.54, 1.807) is 0 Å². The number of hydrogen-bond donors (Lipinski definition) is 1. The Labute approximate surface area is 116 Å². The van der Waals surface area contributed by atoms with Crippen LogP contribution < -0.4 is 5.73 Å². The quantitative estimate of drug-likeness (QED) is 0.900. The van der Waals surface area contributed by atoms with Crippen LogP contribution in [0.2, 0.25) is 0 Å². The van der Waals surface area contributed by atoms with E-state index in [0.29, 0.717) is 5.92 Å². The SMILES string of the molecule is Cc1cc(C2CCCN(C)C2)nc(CCC(C)N)n1. The molecule has 106 valence electrons. The molecule has 0 bridgehead atoms. The normalized spacial score (nSPS) is 22.4. The second-order valence-electron chi connectivity index (χ2n) is 5.97. The topological polar surface area (TPSA) is 55.0 Å². The number of nitrogens with zero attached hydrogens (tertiary/aromatic N) is 3. The van der Waals surface area contributed by atoms with Crippen LogP contribution in [0.1, 0.15) is 49.3 Å². The zero-order valence-electron chi connectivity index (χ0n) is 12.4. The molecular formula is C15H26N4. The molecule has 1 aliphatic heterocycles. The van der Waals surface area contributed by atoms with Gasteiger partial charge in [0.05, 0.1) is 0 Å². The highest BCUT2D eigenvalue weighted by molar-refractivity contribution is 5.15. The minimum absolute atomic E-state index is 0.216. The molecule has 2 rings (SSSR count). The first-order valence-electron chi connectivity index (χ1n) is 7.33. The van der Waals surface area contributed by atoms with Crippen molar-refractivity contribution in [2.24, 2.45) is 5.73 Å². The van der Waals surface area contributed by atoms with Crippen LogP contribution in [0.15, 0.2) is 6.07 Å². The minimum atomic E-state index is 0.216. The van der Waals surface area contributed by atoms with Crippen molar-refractivity contribution >= 4 is 0 Å². The van der Waals surface area contributed by atoms with Gasteiger partial charge >= 0.3 is 0 Å². The Morgan fingerprint density at radius 2 is 2.26 bits per heavy atom. The van der Waals surface area contributed by atoms with Crippen LogP contribution in [-0.2, 0) is 6.42 Å². The zero-order valence-corrected chi connectivity index (χ0v) is 12.4. The van der Waals surface area contributed by atoms with Crippen LogP contribution >= 0.6 is 0 Å². The molecular weight excluding hydrogens is 236 g/mol. The lowest BCUT2D eigenvalue weighted by Crippen LogP contribution is -2.31. The summed E-state index contributed by atoms with van der Waals surface area (Å²) in [5.41, 5.74) is 8.12. The number of aryl methyl sites for hydroxylation is 2. The molecule has 1 aliphatic rings. The maximum atomic E-state index is 5.82. The summed E-state index contributed by atoms with van der Waals surface area (Å²) >= 11 is 0. The fraction of sp³-hybridized carbons (Fsp3) is 0.733. The molecule has 2 atom stereocenters. The summed E-state index contributed by atoms with van der Waals surface area (Å²) < 4.78 is 0. The Hall–Kier alpha value is -1.00. The van der Waals surface area contributed by atoms with E-state index in [-0.39, 0.29) is 6.04 Å². The average Bonchev–Trinajstić information content (AvgIpc) is 2.36. The van der Waals surface area contributed by atoms with Gasteiger partial charge in [-0.2, -0.15) is 0 Å². The van der Waals surface area contributed by atoms with E-state index in [0.717, 1.165) is 30.9 Å². The molecule has 2 N–H and O–H groups in total. The third-order valence-electron chi connectivity index (χ3n) is 3.79. The Bertz CT molecular complexity index is 417. The molecule has 1 fully saturated rings. The maximum absolute atomic E-state index is 5.82. The van der Waals surface area contributed by atoms with Crippen LogP contribution in [0.25, 0.3) is 0 Å². The highest BCUT2D eigenvalue weighted by Gasteiger charge is 2.20. The molecule has 0 aromatic carbocycles. The van der Waals surface area contributed by atoms with Crippen LogP contribution in [0.5, 0.6) is 0 Å². The van der Waals surface area contributed by atoms with Gasteiger partial charge in [-0.05, 0) is 52.8 Å². The first kappa shape index (κ1) is 14.4. The number of likely N-dealkylation sites (tertiary alicyclic amines) is 1. The largest absolute Gasteiger partial charge is 0.328 e. The number of piperidine rings is 1. The van der Waals surface area contributed by atoms with E-state index in [2.05, 4.69) is 29.9 Å². The van der Waals surface area contributed by atoms with E-state index in [1.165, 1.54) is 25.1 Å². The number of rotatable bonds is 4. The first-order valence-corrected chi connectivity index (χ1v) is 7.33. The molecule has 19 heavy (non-hydrogen) atoms. The predicted molar refractivity (Wildman–Crippen MR) is 78.2 cm³/mol. The van der Waals surface area contributed by atoms with E-state index in [4.69, 9.17) is 10.7 Å². The molecule has 0 saturated carbocycles. The van der Waals surface area contributed by atoms with Crippen LogP contribution in [0.3, 0.4) is 0 Å². The summed E-state index contributed by atoms with van der Waals surface area (Å²) in [6.07, 6.45) is 4.34. The summed E-state index contributed by atoms with van der Waals surface area (Å²) in [5.74, 6) is 1.52. The van der Waals surface area contributed by atoms with E-state index in [1.807, 2.05) is 6.92 Å². The standard InChI is InChI=1S/C15H26N4/c1-11(16)6-7-15-17-12(2)9-14(18-15)13-5-4-8-19(3)10-13/h9,11,13H,4-8,10,16H2,1-3H3. The van der Waals surface area contributed by atoms with Gasteiger partial charge in [-0.15, -0.1) is 0 Å². The van der Waals surface area contributed by atoms with Crippen LogP contribution in [0, 0.1) is 6.92 Å². The van der Waals surface area contributed by atoms with E-state index >= 15 is 0 Å². The Morgan fingerprint density at radius 3 is 2.95 bits per heavy atom. The molecule has 1 aromatic heterocycles. The van der Waals surface area contributed by atoms with Crippen molar-refractivity contribution in [2.75, 3.05) is 20.1 Å². The summed E-state index contributed by atoms with van der Waals surface area (Å²) in [4.78, 5) is 11.7. The second-order valence-corrected chi connectivity index (χ2v) is 5.97. The van der Waals surface area contributed by atoms with Crippen molar-refractivity contribution in [2.45, 2.75) is 51.5 Å². The summed E-state index contributed by atoms with van der Waals surface area (Å²) in [6, 6.07) is 2.37. The Kier molecular flexibility index (Phi) is 4.88. The molecule has 1 saturated heterocycles. The maximum Gasteiger partial charge on any atom is 0.128 e. The van der Waals surface area contributed by atoms with Gasteiger partial charge in [0.2, 0.25) is 0 Å². The molecule has 0 spiro atoms. The summed E-state index contributed by atoms with van der Waals surface area (Å²) in [5, 5.41) is 0. The third-order valence-corrected chi connectivity index (χ3v) is 3.79. The lowest BCUT2D eigenvalue weighted by atomic mass is 9.94. The third kappa shape index (κ3) is 4.25. The molecule has 0 aliphatic carbocycles. The van der Waals surface area contributed by atoms with E-state index < -0.39 is 0 Å². The van der Waals surface area contributed by atoms with Gasteiger partial charge in [0.25, 0.3) is 0 Å². The number of aromatic nitrogens is 2. The molecule has 4 heteroatoms. The lowest BCUT2D eigenvalue weighted by Gasteiger charge is -2.29. The van der Waals surface area contributed by atoms with Gasteiger partial charge in [0.15, 0.2) is 0 Å². The van der Waals surface area contributed by atoms with Crippen molar-refractivity contribution in [3.8, 4) is 0 Å². The first-order chi connectivity index (χ1) is 9.04. The van der Waals surface area contributed by atoms with Crippen molar-refractivity contribution in [1.82, 2.24) is 14.9 Å². The van der Waals surface area contributed by atoms with Gasteiger partial charge in [0, 0.05) is 36.3 Å². The van der Waals surface area contributed by atoms with Gasteiger partial charge in [0.1, 0.15) is 5.82 Å². The predicted octanol–water partition coefficient (Wildman–Crippen LogP) is 1.87. The number of hydrogen-bond acceptors (Lipinski definition) is 4. The Morgan fingerprint density at radius 1 is 1.47 bits per heavy atom. The molecule has 1 aromatic rings. The lowest BCUT2D eigenvalue weighted by molar-refractivity contribution is 0.248. The zero-order chi connectivity index (χ0) is 13.8. The molecule has 2 heterocycles. The summed E-state index contributed by atoms with van der Waals surface area (Å²) in [7, 11) is 2.19. The monoisotopic (exact) mass is 262 g/mol. The molecule has 0 amide bonds. The van der Waals surface area contributed by atoms with Crippen molar-refractivity contribution in [3.05, 3.63) is 23.3 Å². The van der Waals surface area contributed by atoms with Crippen molar-refractivity contribution in [3.63, 3.8) is 0 Å². The fourth-order valence-corrected chi connectivity index (χ4v) is 2.74. The average molecular weight is 262 g/mol. The summed E-state index contributed by atoms with van der Waals surface area (Å²) in [6.45, 7) is 6.42. The van der Waals surface area contributed by atoms with Gasteiger partial charge in [-0.1, -0.05) is 0 Å². The number of nitrogens with two attached hydrogens (primary N) is 1. The van der Waals surface area contributed by atoms with E-state index in [9.17, 15) is 0 Å². The van der Waals surface area contributed by atoms with Crippen LogP contribution in [-0.4, -0.2) is 41.0 Å². The van der Waals surface area contributed by atoms with Gasteiger partial charge < -0.3 is 10.6 Å². The van der Waals surface area contributed by atoms with Crippen molar-refractivity contribution < 1.29 is 0 Å². The van der Waals surface area contributed by atoms with Crippen molar-refractivity contribution in [1.29, 1.82) is 0 Å². The molecule has 0 radical (unpaired) electrons.